The summed E-state index contributed by atoms with van der Waals surface area (Å²) in [5, 5.41) is 4.85. The molecule has 26 heavy (non-hydrogen) atoms. The van der Waals surface area contributed by atoms with Crippen molar-refractivity contribution in [2.75, 3.05) is 0 Å². The van der Waals surface area contributed by atoms with Crippen LogP contribution in [0, 0.1) is 0 Å². The lowest BCUT2D eigenvalue weighted by molar-refractivity contribution is 0.247. The van der Waals surface area contributed by atoms with Gasteiger partial charge in [-0.05, 0) is 42.3 Å². The minimum atomic E-state index is -0.445. The molecule has 0 saturated heterocycles. The minimum Gasteiger partial charge on any atom is -0.276 e. The lowest BCUT2D eigenvalue weighted by Gasteiger charge is -2.08. The number of halogens is 1. The fourth-order valence-electron chi connectivity index (χ4n) is 2.13. The number of pyridine rings is 1. The van der Waals surface area contributed by atoms with Crippen molar-refractivity contribution in [3.05, 3.63) is 95.3 Å². The number of hydrazone groups is 1. The van der Waals surface area contributed by atoms with Gasteiger partial charge in [0, 0.05) is 21.7 Å². The summed E-state index contributed by atoms with van der Waals surface area (Å²) >= 11 is 7.08. The Bertz CT molecular complexity index is 862. The normalized spacial score (nSPS) is 11.0. The van der Waals surface area contributed by atoms with Crippen molar-refractivity contribution >= 4 is 35.3 Å². The maximum absolute atomic E-state index is 12.1. The highest BCUT2D eigenvalue weighted by molar-refractivity contribution is 7.98. The van der Waals surface area contributed by atoms with Gasteiger partial charge in [-0.2, -0.15) is 5.10 Å². The lowest BCUT2D eigenvalue weighted by Crippen LogP contribution is -2.28. The molecule has 2 amide bonds. The number of hydrogen-bond acceptors (Lipinski definition) is 4. The first-order chi connectivity index (χ1) is 12.7. The number of carbonyl (C=O) groups excluding carboxylic acids is 1. The zero-order valence-electron chi connectivity index (χ0n) is 13.6. The number of benzene rings is 2. The molecule has 0 aliphatic carbocycles. The number of urea groups is 1. The molecule has 1 aromatic heterocycles. The topological polar surface area (TPSA) is 66.4 Å². The fraction of sp³-hybridized carbons (Fsp3) is 0. The minimum absolute atomic E-state index is 0.445. The van der Waals surface area contributed by atoms with Gasteiger partial charge in [-0.3, -0.25) is 9.71 Å². The molecule has 3 aromatic rings. The number of aromatic nitrogens is 1. The summed E-state index contributed by atoms with van der Waals surface area (Å²) < 4.78 is 2.66. The van der Waals surface area contributed by atoms with Crippen LogP contribution >= 0.6 is 23.5 Å². The molecule has 7 heteroatoms. The van der Waals surface area contributed by atoms with Crippen LogP contribution in [0.25, 0.3) is 0 Å². The molecule has 0 aliphatic rings. The number of hydrogen-bond donors (Lipinski definition) is 2. The maximum atomic E-state index is 12.1. The van der Waals surface area contributed by atoms with Gasteiger partial charge >= 0.3 is 6.03 Å². The van der Waals surface area contributed by atoms with Crippen molar-refractivity contribution in [2.24, 2.45) is 5.10 Å². The Morgan fingerprint density at radius 1 is 1.00 bits per heavy atom. The second kappa shape index (κ2) is 9.03. The Balaban J connectivity index is 1.71. The van der Waals surface area contributed by atoms with Gasteiger partial charge < -0.3 is 0 Å². The second-order valence-electron chi connectivity index (χ2n) is 5.14. The van der Waals surface area contributed by atoms with Crippen molar-refractivity contribution in [2.45, 2.75) is 4.90 Å². The molecule has 5 nitrogen and oxygen atoms in total. The van der Waals surface area contributed by atoms with E-state index in [0.717, 1.165) is 22.4 Å². The average Bonchev–Trinajstić information content (AvgIpc) is 2.68. The maximum Gasteiger partial charge on any atom is 0.345 e. The summed E-state index contributed by atoms with van der Waals surface area (Å²) in [6, 6.07) is 21.8. The molecule has 1 heterocycles. The highest BCUT2D eigenvalue weighted by Crippen LogP contribution is 2.18. The van der Waals surface area contributed by atoms with Gasteiger partial charge in [-0.1, -0.05) is 54.1 Å². The number of nitrogens with zero attached hydrogens (tertiary/aromatic N) is 2. The van der Waals surface area contributed by atoms with E-state index in [9.17, 15) is 4.79 Å². The summed E-state index contributed by atoms with van der Waals surface area (Å²) in [6.07, 6.45) is 1.68. The molecular weight excluding hydrogens is 368 g/mol. The Morgan fingerprint density at radius 3 is 2.54 bits per heavy atom. The monoisotopic (exact) mass is 382 g/mol. The zero-order chi connectivity index (χ0) is 18.2. The molecule has 2 aromatic carbocycles. The van der Waals surface area contributed by atoms with Gasteiger partial charge in [-0.15, -0.1) is 0 Å². The molecule has 0 spiro atoms. The van der Waals surface area contributed by atoms with E-state index < -0.39 is 6.03 Å². The second-order valence-corrected chi connectivity index (χ2v) is 6.46. The van der Waals surface area contributed by atoms with Gasteiger partial charge in [0.25, 0.3) is 0 Å². The third kappa shape index (κ3) is 5.08. The van der Waals surface area contributed by atoms with Gasteiger partial charge in [-0.25, -0.2) is 10.2 Å². The molecular formula is C19H15ClN4OS. The zero-order valence-corrected chi connectivity index (χ0v) is 15.2. The standard InChI is InChI=1S/C19H15ClN4OS/c20-15-9-6-10-16(13-15)26-24-19(25)23-22-18(14-7-2-1-3-8-14)17-11-4-5-12-21-17/h1-13H,(H2,23,24,25)/b22-18-. The third-order valence-corrected chi connectivity index (χ3v) is 4.29. The van der Waals surface area contributed by atoms with E-state index in [1.54, 1.807) is 18.3 Å². The number of amides is 2. The molecule has 0 bridgehead atoms. The van der Waals surface area contributed by atoms with Crippen LogP contribution in [-0.4, -0.2) is 16.7 Å². The van der Waals surface area contributed by atoms with Crippen LogP contribution in [0.4, 0.5) is 4.79 Å². The predicted molar refractivity (Wildman–Crippen MR) is 105 cm³/mol. The van der Waals surface area contributed by atoms with Crippen LogP contribution in [0.15, 0.2) is 89.0 Å². The predicted octanol–water partition coefficient (Wildman–Crippen LogP) is 4.49. The third-order valence-electron chi connectivity index (χ3n) is 3.28. The lowest BCUT2D eigenvalue weighted by atomic mass is 10.1. The van der Waals surface area contributed by atoms with E-state index in [0.29, 0.717) is 16.4 Å². The number of rotatable bonds is 5. The van der Waals surface area contributed by atoms with Crippen LogP contribution in [0.1, 0.15) is 11.3 Å². The molecule has 0 atom stereocenters. The highest BCUT2D eigenvalue weighted by atomic mass is 35.5. The van der Waals surface area contributed by atoms with E-state index in [1.807, 2.05) is 60.7 Å². The quantitative estimate of drug-likeness (QED) is 0.388. The first-order valence-corrected chi connectivity index (χ1v) is 8.95. The van der Waals surface area contributed by atoms with Crippen molar-refractivity contribution < 1.29 is 4.79 Å². The van der Waals surface area contributed by atoms with Crippen molar-refractivity contribution in [3.63, 3.8) is 0 Å². The first kappa shape index (κ1) is 18.0. The van der Waals surface area contributed by atoms with Crippen molar-refractivity contribution in [3.8, 4) is 0 Å². The molecule has 3 rings (SSSR count). The van der Waals surface area contributed by atoms with Crippen LogP contribution in [0.2, 0.25) is 5.02 Å². The van der Waals surface area contributed by atoms with E-state index in [2.05, 4.69) is 20.2 Å². The highest BCUT2D eigenvalue weighted by Gasteiger charge is 2.09. The molecule has 2 N–H and O–H groups in total. The summed E-state index contributed by atoms with van der Waals surface area (Å²) in [5.41, 5.74) is 4.61. The van der Waals surface area contributed by atoms with E-state index in [1.165, 1.54) is 0 Å². The van der Waals surface area contributed by atoms with E-state index in [4.69, 9.17) is 11.6 Å². The van der Waals surface area contributed by atoms with E-state index >= 15 is 0 Å². The Labute approximate surface area is 160 Å². The van der Waals surface area contributed by atoms with Gasteiger partial charge in [0.05, 0.1) is 5.69 Å². The summed E-state index contributed by atoms with van der Waals surface area (Å²) in [4.78, 5) is 17.2. The molecule has 0 unspecified atom stereocenters. The molecule has 0 radical (unpaired) electrons. The Kier molecular flexibility index (Phi) is 6.24. The van der Waals surface area contributed by atoms with Crippen LogP contribution in [0.3, 0.4) is 0 Å². The molecule has 0 fully saturated rings. The Morgan fingerprint density at radius 2 is 1.81 bits per heavy atom. The average molecular weight is 383 g/mol. The van der Waals surface area contributed by atoms with Gasteiger partial charge in [0.15, 0.2) is 0 Å². The molecule has 130 valence electrons. The van der Waals surface area contributed by atoms with Gasteiger partial charge in [0.1, 0.15) is 5.71 Å². The smallest absolute Gasteiger partial charge is 0.276 e. The van der Waals surface area contributed by atoms with Crippen molar-refractivity contribution in [1.82, 2.24) is 15.1 Å². The first-order valence-electron chi connectivity index (χ1n) is 7.75. The van der Waals surface area contributed by atoms with Crippen LogP contribution in [0.5, 0.6) is 0 Å². The van der Waals surface area contributed by atoms with Crippen LogP contribution < -0.4 is 10.1 Å². The Hall–Kier alpha value is -2.83. The van der Waals surface area contributed by atoms with Crippen molar-refractivity contribution in [1.29, 1.82) is 0 Å². The SMILES string of the molecule is O=C(N/N=C(/c1ccccc1)c1ccccn1)NSc1cccc(Cl)c1. The number of nitrogens with one attached hydrogen (secondary N) is 2. The fourth-order valence-corrected chi connectivity index (χ4v) is 2.98. The largest absolute Gasteiger partial charge is 0.345 e. The van der Waals surface area contributed by atoms with E-state index in [-0.39, 0.29) is 0 Å². The van der Waals surface area contributed by atoms with Crippen LogP contribution in [-0.2, 0) is 0 Å². The summed E-state index contributed by atoms with van der Waals surface area (Å²) in [6.45, 7) is 0. The molecule has 0 saturated carbocycles. The van der Waals surface area contributed by atoms with Gasteiger partial charge in [0.2, 0.25) is 0 Å². The summed E-state index contributed by atoms with van der Waals surface area (Å²) in [5.74, 6) is 0. The number of carbonyl (C=O) groups is 1. The molecule has 0 aliphatic heterocycles. The summed E-state index contributed by atoms with van der Waals surface area (Å²) in [7, 11) is 0.